The van der Waals surface area contributed by atoms with Gasteiger partial charge in [0.05, 0.1) is 24.5 Å². The second-order valence-electron chi connectivity index (χ2n) is 9.90. The Morgan fingerprint density at radius 3 is 2.42 bits per heavy atom. The number of esters is 4. The van der Waals surface area contributed by atoms with Crippen molar-refractivity contribution < 1.29 is 48.0 Å². The number of hydrogen-bond acceptors (Lipinski definition) is 10. The van der Waals surface area contributed by atoms with Crippen molar-refractivity contribution in [3.8, 4) is 0 Å². The summed E-state index contributed by atoms with van der Waals surface area (Å²) in [6.07, 6.45) is -1.48. The lowest BCUT2D eigenvalue weighted by Crippen LogP contribution is -2.65. The van der Waals surface area contributed by atoms with Gasteiger partial charge in [0.25, 0.3) is 0 Å². The molecule has 2 saturated carbocycles. The van der Waals surface area contributed by atoms with Crippen molar-refractivity contribution in [3.63, 3.8) is 0 Å². The molecule has 2 aliphatic carbocycles. The summed E-state index contributed by atoms with van der Waals surface area (Å²) in [6.45, 7) is 4.81. The molecule has 2 heterocycles. The number of carbonyl (C=O) groups excluding carboxylic acids is 5. The van der Waals surface area contributed by atoms with Crippen LogP contribution >= 0.6 is 0 Å². The maximum absolute atomic E-state index is 13.7. The number of rotatable bonds is 3. The molecular formula is C23H28O10. The first-order valence-corrected chi connectivity index (χ1v) is 11.0. The van der Waals surface area contributed by atoms with Crippen molar-refractivity contribution in [1.82, 2.24) is 0 Å². The summed E-state index contributed by atoms with van der Waals surface area (Å²) in [7, 11) is 1.27. The predicted molar refractivity (Wildman–Crippen MR) is 108 cm³/mol. The van der Waals surface area contributed by atoms with Gasteiger partial charge in [-0.05, 0) is 36.2 Å². The Morgan fingerprint density at radius 1 is 1.15 bits per heavy atom. The molecule has 180 valence electrons. The Hall–Kier alpha value is -2.75. The number of carbonyl (C=O) groups is 5. The van der Waals surface area contributed by atoms with E-state index < -0.39 is 71.0 Å². The zero-order valence-electron chi connectivity index (χ0n) is 19.0. The first-order valence-electron chi connectivity index (χ1n) is 11.0. The van der Waals surface area contributed by atoms with Crippen LogP contribution in [-0.4, -0.2) is 60.4 Å². The van der Waals surface area contributed by atoms with E-state index in [-0.39, 0.29) is 24.2 Å². The highest BCUT2D eigenvalue weighted by molar-refractivity contribution is 5.95. The minimum absolute atomic E-state index is 0.0103. The number of aliphatic hydroxyl groups excluding tert-OH is 1. The van der Waals surface area contributed by atoms with Crippen LogP contribution in [0, 0.1) is 28.6 Å². The van der Waals surface area contributed by atoms with Crippen LogP contribution in [0.1, 0.15) is 46.5 Å². The van der Waals surface area contributed by atoms with Gasteiger partial charge in [-0.25, -0.2) is 4.79 Å². The van der Waals surface area contributed by atoms with Gasteiger partial charge in [-0.3, -0.25) is 19.2 Å². The smallest absolute Gasteiger partial charge is 0.340 e. The minimum Gasteiger partial charge on any atom is -0.469 e. The molecule has 0 spiro atoms. The predicted octanol–water partition coefficient (Wildman–Crippen LogP) is 0.836. The van der Waals surface area contributed by atoms with Crippen LogP contribution in [0.25, 0.3) is 0 Å². The number of fused-ring (bicyclic) bond motifs is 3. The maximum Gasteiger partial charge on any atom is 0.340 e. The average molecular weight is 464 g/mol. The van der Waals surface area contributed by atoms with Gasteiger partial charge in [0.2, 0.25) is 6.29 Å². The number of ketones is 1. The van der Waals surface area contributed by atoms with E-state index in [1.54, 1.807) is 6.92 Å². The molecule has 0 aromatic rings. The van der Waals surface area contributed by atoms with Crippen molar-refractivity contribution >= 4 is 29.7 Å². The highest BCUT2D eigenvalue weighted by atomic mass is 16.6. The molecule has 1 N–H and O–H groups in total. The lowest BCUT2D eigenvalue weighted by Gasteiger charge is -2.61. The molecule has 4 aliphatic rings. The molecule has 8 atom stereocenters. The summed E-state index contributed by atoms with van der Waals surface area (Å²) in [5, 5.41) is 9.66. The van der Waals surface area contributed by atoms with Gasteiger partial charge >= 0.3 is 23.9 Å². The molecule has 0 radical (unpaired) electrons. The Labute approximate surface area is 190 Å². The van der Waals surface area contributed by atoms with Crippen molar-refractivity contribution in [3.05, 3.63) is 11.6 Å². The largest absolute Gasteiger partial charge is 0.469 e. The van der Waals surface area contributed by atoms with E-state index in [1.807, 2.05) is 6.92 Å². The monoisotopic (exact) mass is 464 g/mol. The fraction of sp³-hybridized carbons (Fsp3) is 0.696. The molecule has 3 fully saturated rings. The van der Waals surface area contributed by atoms with Gasteiger partial charge in [0.1, 0.15) is 6.10 Å². The third kappa shape index (κ3) is 3.55. The van der Waals surface area contributed by atoms with Crippen molar-refractivity contribution in [1.29, 1.82) is 0 Å². The highest BCUT2D eigenvalue weighted by Gasteiger charge is 2.68. The fourth-order valence-corrected chi connectivity index (χ4v) is 6.67. The zero-order chi connectivity index (χ0) is 24.3. The minimum atomic E-state index is -1.43. The van der Waals surface area contributed by atoms with E-state index in [1.165, 1.54) is 20.1 Å². The van der Waals surface area contributed by atoms with E-state index in [9.17, 15) is 29.1 Å². The number of cyclic esters (lactones) is 2. The average Bonchev–Trinajstić information content (AvgIpc) is 3.06. The summed E-state index contributed by atoms with van der Waals surface area (Å²) in [4.78, 5) is 63.5. The summed E-state index contributed by atoms with van der Waals surface area (Å²) in [5.41, 5.74) is -1.82. The Morgan fingerprint density at radius 2 is 1.85 bits per heavy atom. The lowest BCUT2D eigenvalue weighted by atomic mass is 9.43. The van der Waals surface area contributed by atoms with Crippen molar-refractivity contribution in [2.45, 2.75) is 65.0 Å². The second kappa shape index (κ2) is 7.93. The number of methoxy groups -OCH3 is 1. The quantitative estimate of drug-likeness (QED) is 0.471. The van der Waals surface area contributed by atoms with Crippen LogP contribution in [0.2, 0.25) is 0 Å². The van der Waals surface area contributed by atoms with Crippen LogP contribution < -0.4 is 0 Å². The molecular weight excluding hydrogens is 436 g/mol. The van der Waals surface area contributed by atoms with E-state index in [4.69, 9.17) is 18.9 Å². The van der Waals surface area contributed by atoms with Crippen molar-refractivity contribution in [2.75, 3.05) is 7.11 Å². The number of Topliss-reactive ketones (excluding diaryl/α,β-unsaturated/α-hetero) is 1. The standard InChI is InChI=1S/C23H28O10/c1-10(24)31-14-8-13(20(28)30-4)22(2)6-5-12-21(29)32-15(11-7-16(25)33-19(11)27)9-23(12,3)18(22)17(14)26/h7,12-16,18,25H,5-6,8-9H2,1-4H3/t12-,13-,14-,15-,16-,18-,22-,23-/m0/s1. The SMILES string of the molecule is COC(=O)[C@@H]1C[C@H](OC(C)=O)C(=O)[C@H]2[C@@]1(C)CC[C@H]1C(=O)O[C@H](C3=C[C@@H](O)OC3=O)C[C@]21C. The first kappa shape index (κ1) is 23.4. The van der Waals surface area contributed by atoms with E-state index in [2.05, 4.69) is 0 Å². The molecule has 0 amide bonds. The highest BCUT2D eigenvalue weighted by Crippen LogP contribution is 2.64. The molecule has 33 heavy (non-hydrogen) atoms. The normalized spacial score (nSPS) is 42.3. The molecule has 0 bridgehead atoms. The zero-order valence-corrected chi connectivity index (χ0v) is 19.0. The van der Waals surface area contributed by atoms with Crippen LogP contribution in [-0.2, 0) is 42.9 Å². The van der Waals surface area contributed by atoms with Gasteiger partial charge in [-0.1, -0.05) is 13.8 Å². The summed E-state index contributed by atoms with van der Waals surface area (Å²) in [6, 6.07) is 0. The summed E-state index contributed by atoms with van der Waals surface area (Å²) >= 11 is 0. The van der Waals surface area contributed by atoms with Gasteiger partial charge < -0.3 is 24.1 Å². The molecule has 0 unspecified atom stereocenters. The molecule has 10 heteroatoms. The van der Waals surface area contributed by atoms with Gasteiger partial charge in [0.15, 0.2) is 11.9 Å². The molecule has 2 aliphatic heterocycles. The van der Waals surface area contributed by atoms with Gasteiger partial charge in [0, 0.05) is 19.3 Å². The fourth-order valence-electron chi connectivity index (χ4n) is 6.67. The molecule has 4 rings (SSSR count). The summed E-state index contributed by atoms with van der Waals surface area (Å²) in [5.74, 6) is -5.04. The van der Waals surface area contributed by atoms with Gasteiger partial charge in [-0.15, -0.1) is 0 Å². The number of aliphatic hydroxyl groups is 1. The van der Waals surface area contributed by atoms with Gasteiger partial charge in [-0.2, -0.15) is 0 Å². The third-order valence-electron chi connectivity index (χ3n) is 8.03. The number of ether oxygens (including phenoxy) is 4. The Bertz CT molecular complexity index is 953. The van der Waals surface area contributed by atoms with Crippen LogP contribution in [0.5, 0.6) is 0 Å². The Kier molecular flexibility index (Phi) is 5.63. The van der Waals surface area contributed by atoms with E-state index in [0.29, 0.717) is 12.8 Å². The van der Waals surface area contributed by atoms with Crippen LogP contribution in [0.15, 0.2) is 11.6 Å². The first-order chi connectivity index (χ1) is 15.4. The van der Waals surface area contributed by atoms with Crippen LogP contribution in [0.3, 0.4) is 0 Å². The summed E-state index contributed by atoms with van der Waals surface area (Å²) < 4.78 is 20.6. The topological polar surface area (TPSA) is 143 Å². The lowest BCUT2D eigenvalue weighted by molar-refractivity contribution is -0.207. The molecule has 1 saturated heterocycles. The molecule has 0 aromatic carbocycles. The van der Waals surface area contributed by atoms with E-state index in [0.717, 1.165) is 0 Å². The number of hydrogen-bond donors (Lipinski definition) is 1. The molecule has 10 nitrogen and oxygen atoms in total. The van der Waals surface area contributed by atoms with Crippen LogP contribution in [0.4, 0.5) is 0 Å². The Balaban J connectivity index is 1.78. The third-order valence-corrected chi connectivity index (χ3v) is 8.03. The second-order valence-corrected chi connectivity index (χ2v) is 9.90. The van der Waals surface area contributed by atoms with Crippen molar-refractivity contribution in [2.24, 2.45) is 28.6 Å². The maximum atomic E-state index is 13.7. The van der Waals surface area contributed by atoms with E-state index >= 15 is 0 Å². The molecule has 0 aromatic heterocycles.